The van der Waals surface area contributed by atoms with Gasteiger partial charge in [-0.3, -0.25) is 0 Å². The molecule has 0 radical (unpaired) electrons. The Bertz CT molecular complexity index is 3580. The maximum Gasteiger partial charge on any atom is 0.0726 e. The van der Waals surface area contributed by atoms with Crippen molar-refractivity contribution in [2.75, 3.05) is 4.90 Å². The Balaban J connectivity index is 1.04. The van der Waals surface area contributed by atoms with E-state index in [9.17, 15) is 0 Å². The van der Waals surface area contributed by atoms with Crippen molar-refractivity contribution in [3.63, 3.8) is 0 Å². The van der Waals surface area contributed by atoms with Gasteiger partial charge in [0.25, 0.3) is 0 Å². The first-order chi connectivity index (χ1) is 34.3. The third kappa shape index (κ3) is 5.53. The molecule has 0 heterocycles. The average molecular weight is 876 g/mol. The zero-order valence-corrected chi connectivity index (χ0v) is 37.9. The monoisotopic (exact) mass is 875 g/mol. The minimum absolute atomic E-state index is 0.475. The fourth-order valence-electron chi connectivity index (χ4n) is 12.7. The smallest absolute Gasteiger partial charge is 0.0726 e. The fraction of sp³-hybridized carbons (Fsp3) is 0.0294. The molecule has 0 unspecified atom stereocenters. The Morgan fingerprint density at radius 3 is 1.00 bits per heavy atom. The van der Waals surface area contributed by atoms with Crippen LogP contribution in [0.15, 0.2) is 273 Å². The molecule has 3 aliphatic carbocycles. The molecule has 0 atom stereocenters. The first-order valence-corrected chi connectivity index (χ1v) is 24.1. The van der Waals surface area contributed by atoms with Gasteiger partial charge in [0.1, 0.15) is 0 Å². The highest BCUT2D eigenvalue weighted by Crippen LogP contribution is 2.66. The Hall–Kier alpha value is -8.78. The molecule has 11 aromatic carbocycles. The highest BCUT2D eigenvalue weighted by atomic mass is 15.1. The van der Waals surface area contributed by atoms with E-state index < -0.39 is 10.8 Å². The molecule has 322 valence electrons. The summed E-state index contributed by atoms with van der Waals surface area (Å²) in [5.74, 6) is 0. The van der Waals surface area contributed by atoms with Crippen molar-refractivity contribution >= 4 is 17.1 Å². The molecule has 0 saturated heterocycles. The Kier molecular flexibility index (Phi) is 8.78. The second-order valence-electron chi connectivity index (χ2n) is 18.6. The summed E-state index contributed by atoms with van der Waals surface area (Å²) in [6, 6.07) is 102. The molecule has 14 rings (SSSR count). The summed E-state index contributed by atoms with van der Waals surface area (Å²) in [7, 11) is 0. The summed E-state index contributed by atoms with van der Waals surface area (Å²) in [6.45, 7) is 0. The summed E-state index contributed by atoms with van der Waals surface area (Å²) in [6.07, 6.45) is 0. The molecule has 0 aromatic heterocycles. The highest BCUT2D eigenvalue weighted by Gasteiger charge is 2.53. The lowest BCUT2D eigenvalue weighted by Gasteiger charge is -2.35. The number of fused-ring (bicyclic) bond motifs is 13. The van der Waals surface area contributed by atoms with E-state index in [-0.39, 0.29) is 0 Å². The molecule has 0 fully saturated rings. The van der Waals surface area contributed by atoms with Gasteiger partial charge in [0.15, 0.2) is 0 Å². The molecule has 0 amide bonds. The van der Waals surface area contributed by atoms with Crippen molar-refractivity contribution in [1.82, 2.24) is 0 Å². The molecular weight excluding hydrogens is 831 g/mol. The number of anilines is 3. The van der Waals surface area contributed by atoms with E-state index in [1.165, 1.54) is 100 Å². The van der Waals surface area contributed by atoms with Gasteiger partial charge in [-0.1, -0.05) is 249 Å². The lowest BCUT2D eigenvalue weighted by atomic mass is 9.68. The number of benzene rings is 11. The number of hydrogen-bond acceptors (Lipinski definition) is 1. The van der Waals surface area contributed by atoms with Crippen LogP contribution in [0.1, 0.15) is 44.5 Å². The quantitative estimate of drug-likeness (QED) is 0.154. The van der Waals surface area contributed by atoms with Crippen molar-refractivity contribution in [3.05, 3.63) is 317 Å². The predicted molar refractivity (Wildman–Crippen MR) is 286 cm³/mol. The second kappa shape index (κ2) is 15.4. The summed E-state index contributed by atoms with van der Waals surface area (Å²) in [5, 5.41) is 0. The SMILES string of the molecule is c1ccc(-c2ccc(-c3ccc(N(c4cccc5c4-c4ccccc4C5(c4ccccc4)c4ccccc4)c4cccc5c4-c4ccccc4C54c5ccccc5-c5ccccc54)cc3)cc2)cc1. The topological polar surface area (TPSA) is 3.24 Å². The van der Waals surface area contributed by atoms with Crippen LogP contribution in [-0.2, 0) is 10.8 Å². The first kappa shape index (κ1) is 39.4. The number of nitrogens with zero attached hydrogens (tertiary/aromatic N) is 1. The van der Waals surface area contributed by atoms with Gasteiger partial charge < -0.3 is 4.90 Å². The summed E-state index contributed by atoms with van der Waals surface area (Å²) in [5.41, 5.74) is 25.2. The molecule has 69 heavy (non-hydrogen) atoms. The van der Waals surface area contributed by atoms with Crippen molar-refractivity contribution in [2.45, 2.75) is 10.8 Å². The second-order valence-corrected chi connectivity index (χ2v) is 18.6. The lowest BCUT2D eigenvalue weighted by Crippen LogP contribution is -2.28. The van der Waals surface area contributed by atoms with Gasteiger partial charge in [0.2, 0.25) is 0 Å². The van der Waals surface area contributed by atoms with Crippen LogP contribution in [0.5, 0.6) is 0 Å². The van der Waals surface area contributed by atoms with E-state index in [0.29, 0.717) is 0 Å². The van der Waals surface area contributed by atoms with Crippen LogP contribution in [0.4, 0.5) is 17.1 Å². The Morgan fingerprint density at radius 1 is 0.217 bits per heavy atom. The maximum atomic E-state index is 2.57. The summed E-state index contributed by atoms with van der Waals surface area (Å²) < 4.78 is 0. The predicted octanol–water partition coefficient (Wildman–Crippen LogP) is 17.2. The number of hydrogen-bond donors (Lipinski definition) is 0. The first-order valence-electron chi connectivity index (χ1n) is 24.1. The molecule has 11 aromatic rings. The van der Waals surface area contributed by atoms with Crippen LogP contribution in [0.3, 0.4) is 0 Å². The Morgan fingerprint density at radius 2 is 0.536 bits per heavy atom. The van der Waals surface area contributed by atoms with Crippen molar-refractivity contribution in [3.8, 4) is 55.6 Å². The van der Waals surface area contributed by atoms with Crippen LogP contribution in [-0.4, -0.2) is 0 Å². The molecule has 0 N–H and O–H groups in total. The standard InChI is InChI=1S/C68H45N/c1-4-20-46(21-5-1)47-38-40-48(41-39-47)49-42-44-52(45-43-49)69(63-36-18-34-61-65(63)55-28-12-16-32-59(55)67(61,50-22-6-2-7-23-50)51-24-8-3-9-25-51)64-37-19-35-62-66(64)56-29-13-17-33-60(56)68(62)57-30-14-10-26-53(57)54-27-11-15-31-58(54)68/h1-45H. The van der Waals surface area contributed by atoms with Gasteiger partial charge in [0.05, 0.1) is 22.2 Å². The molecule has 1 spiro atoms. The zero-order chi connectivity index (χ0) is 45.5. The van der Waals surface area contributed by atoms with E-state index in [1.54, 1.807) is 0 Å². The van der Waals surface area contributed by atoms with Gasteiger partial charge in [-0.05, 0) is 113 Å². The van der Waals surface area contributed by atoms with Gasteiger partial charge in [-0.25, -0.2) is 0 Å². The van der Waals surface area contributed by atoms with E-state index in [1.807, 2.05) is 0 Å². The molecule has 3 aliphatic rings. The average Bonchev–Trinajstić information content (AvgIpc) is 4.03. The molecule has 1 heteroatoms. The van der Waals surface area contributed by atoms with Gasteiger partial charge >= 0.3 is 0 Å². The van der Waals surface area contributed by atoms with Crippen LogP contribution >= 0.6 is 0 Å². The zero-order valence-electron chi connectivity index (χ0n) is 37.9. The van der Waals surface area contributed by atoms with Gasteiger partial charge in [0, 0.05) is 16.8 Å². The lowest BCUT2D eigenvalue weighted by molar-refractivity contribution is 0.768. The summed E-state index contributed by atoms with van der Waals surface area (Å²) in [4.78, 5) is 2.57. The van der Waals surface area contributed by atoms with Gasteiger partial charge in [-0.2, -0.15) is 0 Å². The maximum absolute atomic E-state index is 2.57. The van der Waals surface area contributed by atoms with Crippen LogP contribution in [0.25, 0.3) is 55.6 Å². The summed E-state index contributed by atoms with van der Waals surface area (Å²) >= 11 is 0. The molecule has 0 bridgehead atoms. The largest absolute Gasteiger partial charge is 0.309 e. The highest BCUT2D eigenvalue weighted by molar-refractivity contribution is 6.04. The van der Waals surface area contributed by atoms with Crippen molar-refractivity contribution in [2.24, 2.45) is 0 Å². The minimum Gasteiger partial charge on any atom is -0.309 e. The third-order valence-corrected chi connectivity index (χ3v) is 15.4. The molecule has 0 aliphatic heterocycles. The van der Waals surface area contributed by atoms with E-state index in [4.69, 9.17) is 0 Å². The minimum atomic E-state index is -0.543. The normalized spacial score (nSPS) is 13.7. The molecule has 1 nitrogen and oxygen atoms in total. The van der Waals surface area contributed by atoms with E-state index in [0.717, 1.165) is 17.1 Å². The third-order valence-electron chi connectivity index (χ3n) is 15.4. The van der Waals surface area contributed by atoms with Crippen LogP contribution in [0, 0.1) is 0 Å². The number of rotatable bonds is 7. The van der Waals surface area contributed by atoms with Gasteiger partial charge in [-0.15, -0.1) is 0 Å². The molecule has 0 saturated carbocycles. The van der Waals surface area contributed by atoms with Crippen molar-refractivity contribution < 1.29 is 0 Å². The van der Waals surface area contributed by atoms with E-state index in [2.05, 4.69) is 278 Å². The fourth-order valence-corrected chi connectivity index (χ4v) is 12.7. The molecular formula is C68H45N. The van der Waals surface area contributed by atoms with Crippen LogP contribution in [0.2, 0.25) is 0 Å². The van der Waals surface area contributed by atoms with Crippen LogP contribution < -0.4 is 4.90 Å². The van der Waals surface area contributed by atoms with E-state index >= 15 is 0 Å². The van der Waals surface area contributed by atoms with Crippen molar-refractivity contribution in [1.29, 1.82) is 0 Å². The Labute approximate surface area is 403 Å².